The van der Waals surface area contributed by atoms with Gasteiger partial charge in [0.1, 0.15) is 0 Å². The summed E-state index contributed by atoms with van der Waals surface area (Å²) in [5.74, 6) is 0.0194. The molecule has 0 saturated carbocycles. The molecule has 1 aromatic heterocycles. The SMILES string of the molecule is O=C1NCc2ccc(NCc3sccc3Br)cc21. The molecule has 1 amide bonds. The third-order valence-electron chi connectivity index (χ3n) is 2.94. The lowest BCUT2D eigenvalue weighted by molar-refractivity contribution is 0.0966. The van der Waals surface area contributed by atoms with Crippen LogP contribution in [-0.4, -0.2) is 5.91 Å². The van der Waals surface area contributed by atoms with Crippen molar-refractivity contribution in [1.29, 1.82) is 0 Å². The fraction of sp³-hybridized carbons (Fsp3) is 0.154. The fourth-order valence-corrected chi connectivity index (χ4v) is 3.39. The number of fused-ring (bicyclic) bond motifs is 1. The van der Waals surface area contributed by atoms with Gasteiger partial charge in [0.2, 0.25) is 0 Å². The molecule has 0 fully saturated rings. The van der Waals surface area contributed by atoms with Crippen LogP contribution < -0.4 is 10.6 Å². The summed E-state index contributed by atoms with van der Waals surface area (Å²) in [4.78, 5) is 12.8. The first-order chi connectivity index (χ1) is 8.74. The van der Waals surface area contributed by atoms with E-state index in [4.69, 9.17) is 0 Å². The number of halogens is 1. The molecule has 1 aromatic carbocycles. The monoisotopic (exact) mass is 322 g/mol. The molecule has 1 aliphatic heterocycles. The van der Waals surface area contributed by atoms with E-state index in [1.165, 1.54) is 4.88 Å². The third-order valence-corrected chi connectivity index (χ3v) is 4.86. The third kappa shape index (κ3) is 2.15. The van der Waals surface area contributed by atoms with E-state index in [1.54, 1.807) is 11.3 Å². The summed E-state index contributed by atoms with van der Waals surface area (Å²) in [7, 11) is 0. The van der Waals surface area contributed by atoms with E-state index in [1.807, 2.05) is 24.3 Å². The van der Waals surface area contributed by atoms with Crippen molar-refractivity contribution in [3.63, 3.8) is 0 Å². The molecule has 5 heteroatoms. The van der Waals surface area contributed by atoms with Crippen molar-refractivity contribution in [3.8, 4) is 0 Å². The lowest BCUT2D eigenvalue weighted by atomic mass is 10.1. The number of nitrogens with one attached hydrogen (secondary N) is 2. The number of amides is 1. The number of anilines is 1. The van der Waals surface area contributed by atoms with Gasteiger partial charge in [0.25, 0.3) is 5.91 Å². The van der Waals surface area contributed by atoms with E-state index in [2.05, 4.69) is 31.9 Å². The average Bonchev–Trinajstić information content (AvgIpc) is 2.94. The van der Waals surface area contributed by atoms with Gasteiger partial charge < -0.3 is 10.6 Å². The van der Waals surface area contributed by atoms with Gasteiger partial charge >= 0.3 is 0 Å². The number of rotatable bonds is 3. The van der Waals surface area contributed by atoms with E-state index in [9.17, 15) is 4.79 Å². The van der Waals surface area contributed by atoms with Gasteiger partial charge in [-0.3, -0.25) is 4.79 Å². The molecule has 2 aromatic rings. The molecule has 0 saturated heterocycles. The van der Waals surface area contributed by atoms with Gasteiger partial charge in [-0.2, -0.15) is 0 Å². The van der Waals surface area contributed by atoms with Crippen LogP contribution in [0.25, 0.3) is 0 Å². The van der Waals surface area contributed by atoms with E-state index in [0.717, 1.165) is 27.8 Å². The smallest absolute Gasteiger partial charge is 0.251 e. The van der Waals surface area contributed by atoms with Gasteiger partial charge in [0, 0.05) is 27.1 Å². The molecule has 0 spiro atoms. The molecule has 2 N–H and O–H groups in total. The first kappa shape index (κ1) is 11.7. The number of benzene rings is 1. The second-order valence-electron chi connectivity index (χ2n) is 4.10. The van der Waals surface area contributed by atoms with E-state index < -0.39 is 0 Å². The molecular formula is C13H11BrN2OS. The van der Waals surface area contributed by atoms with Gasteiger partial charge in [0.05, 0.1) is 6.54 Å². The second-order valence-corrected chi connectivity index (χ2v) is 5.95. The molecule has 2 heterocycles. The Hall–Kier alpha value is -1.33. The molecule has 0 aliphatic carbocycles. The zero-order valence-corrected chi connectivity index (χ0v) is 11.9. The summed E-state index contributed by atoms with van der Waals surface area (Å²) in [6.45, 7) is 1.41. The number of hydrogen-bond acceptors (Lipinski definition) is 3. The fourth-order valence-electron chi connectivity index (χ4n) is 1.96. The Bertz CT molecular complexity index is 609. The maximum Gasteiger partial charge on any atom is 0.251 e. The zero-order chi connectivity index (χ0) is 12.5. The van der Waals surface area contributed by atoms with Gasteiger partial charge in [-0.05, 0) is 45.1 Å². The Morgan fingerprint density at radius 2 is 2.28 bits per heavy atom. The van der Waals surface area contributed by atoms with Crippen LogP contribution in [0.5, 0.6) is 0 Å². The first-order valence-corrected chi connectivity index (χ1v) is 7.28. The molecule has 0 unspecified atom stereocenters. The van der Waals surface area contributed by atoms with Crippen molar-refractivity contribution >= 4 is 38.9 Å². The maximum absolute atomic E-state index is 11.6. The maximum atomic E-state index is 11.6. The number of carbonyl (C=O) groups is 1. The minimum absolute atomic E-state index is 0.0194. The van der Waals surface area contributed by atoms with Crippen LogP contribution in [0.1, 0.15) is 20.8 Å². The van der Waals surface area contributed by atoms with Crippen molar-refractivity contribution < 1.29 is 4.79 Å². The van der Waals surface area contributed by atoms with Gasteiger partial charge in [-0.1, -0.05) is 6.07 Å². The lowest BCUT2D eigenvalue weighted by Crippen LogP contribution is -2.12. The van der Waals surface area contributed by atoms with E-state index in [0.29, 0.717) is 6.54 Å². The van der Waals surface area contributed by atoms with Crippen molar-refractivity contribution in [3.05, 3.63) is 50.1 Å². The summed E-state index contributed by atoms with van der Waals surface area (Å²) in [5.41, 5.74) is 2.83. The molecule has 0 radical (unpaired) electrons. The second kappa shape index (κ2) is 4.74. The predicted octanol–water partition coefficient (Wildman–Crippen LogP) is 3.37. The number of carbonyl (C=O) groups excluding carboxylic acids is 1. The average molecular weight is 323 g/mol. The van der Waals surface area contributed by atoms with Crippen molar-refractivity contribution in [2.24, 2.45) is 0 Å². The summed E-state index contributed by atoms with van der Waals surface area (Å²) in [6.07, 6.45) is 0. The van der Waals surface area contributed by atoms with Crippen LogP contribution in [0.2, 0.25) is 0 Å². The van der Waals surface area contributed by atoms with Crippen LogP contribution in [0.15, 0.2) is 34.1 Å². The van der Waals surface area contributed by atoms with E-state index >= 15 is 0 Å². The summed E-state index contributed by atoms with van der Waals surface area (Å²) in [5, 5.41) is 8.21. The first-order valence-electron chi connectivity index (χ1n) is 5.61. The van der Waals surface area contributed by atoms with Crippen molar-refractivity contribution in [2.45, 2.75) is 13.1 Å². The minimum atomic E-state index is 0.0194. The Kier molecular flexibility index (Phi) is 3.09. The Morgan fingerprint density at radius 1 is 1.39 bits per heavy atom. The van der Waals surface area contributed by atoms with Crippen LogP contribution in [-0.2, 0) is 13.1 Å². The molecule has 92 valence electrons. The molecular weight excluding hydrogens is 312 g/mol. The molecule has 3 nitrogen and oxygen atoms in total. The quantitative estimate of drug-likeness (QED) is 0.909. The number of thiophene rings is 1. The lowest BCUT2D eigenvalue weighted by Gasteiger charge is -2.06. The van der Waals surface area contributed by atoms with Crippen LogP contribution >= 0.6 is 27.3 Å². The summed E-state index contributed by atoms with van der Waals surface area (Å²) in [6, 6.07) is 7.97. The Labute approximate surface area is 117 Å². The molecule has 18 heavy (non-hydrogen) atoms. The normalized spacial score (nSPS) is 13.3. The summed E-state index contributed by atoms with van der Waals surface area (Å²) < 4.78 is 1.12. The minimum Gasteiger partial charge on any atom is -0.380 e. The Balaban J connectivity index is 1.76. The highest BCUT2D eigenvalue weighted by atomic mass is 79.9. The van der Waals surface area contributed by atoms with Crippen LogP contribution in [0.4, 0.5) is 5.69 Å². The number of hydrogen-bond donors (Lipinski definition) is 2. The zero-order valence-electron chi connectivity index (χ0n) is 9.50. The molecule has 0 atom stereocenters. The summed E-state index contributed by atoms with van der Waals surface area (Å²) >= 11 is 5.21. The van der Waals surface area contributed by atoms with Crippen LogP contribution in [0, 0.1) is 0 Å². The molecule has 0 bridgehead atoms. The largest absolute Gasteiger partial charge is 0.380 e. The molecule has 1 aliphatic rings. The standard InChI is InChI=1S/C13H11BrN2OS/c14-11-3-4-18-12(11)7-15-9-2-1-8-6-16-13(17)10(8)5-9/h1-5,15H,6-7H2,(H,16,17). The van der Waals surface area contributed by atoms with Gasteiger partial charge in [-0.15, -0.1) is 11.3 Å². The van der Waals surface area contributed by atoms with Crippen LogP contribution in [0.3, 0.4) is 0 Å². The molecule has 3 rings (SSSR count). The van der Waals surface area contributed by atoms with E-state index in [-0.39, 0.29) is 5.91 Å². The highest BCUT2D eigenvalue weighted by molar-refractivity contribution is 9.10. The van der Waals surface area contributed by atoms with Gasteiger partial charge in [0.15, 0.2) is 0 Å². The van der Waals surface area contributed by atoms with Gasteiger partial charge in [-0.25, -0.2) is 0 Å². The highest BCUT2D eigenvalue weighted by Gasteiger charge is 2.18. The topological polar surface area (TPSA) is 41.1 Å². The predicted molar refractivity (Wildman–Crippen MR) is 77.0 cm³/mol. The van der Waals surface area contributed by atoms with Crippen molar-refractivity contribution in [1.82, 2.24) is 5.32 Å². The highest BCUT2D eigenvalue weighted by Crippen LogP contribution is 2.25. The Morgan fingerprint density at radius 3 is 3.06 bits per heavy atom. The van der Waals surface area contributed by atoms with Crippen molar-refractivity contribution in [2.75, 3.05) is 5.32 Å².